The SMILES string of the molecule is CCn1nc(C(=O)NCC2(O)CCC(C)CC2)c(Cl)c1-c1cnc(NC(C(C)C)C(F)(F)F)cc1OC(F)F. The molecular formula is C25H33ClF5N5O3. The number of aliphatic hydroxyl groups is 1. The van der Waals surface area contributed by atoms with E-state index in [1.807, 2.05) is 0 Å². The zero-order chi connectivity index (χ0) is 29.1. The largest absolute Gasteiger partial charge is 0.434 e. The molecule has 0 aromatic carbocycles. The van der Waals surface area contributed by atoms with E-state index in [-0.39, 0.29) is 40.9 Å². The zero-order valence-corrected chi connectivity index (χ0v) is 22.8. The van der Waals surface area contributed by atoms with E-state index in [2.05, 4.69) is 32.4 Å². The zero-order valence-electron chi connectivity index (χ0n) is 22.1. The predicted octanol–water partition coefficient (Wildman–Crippen LogP) is 5.89. The van der Waals surface area contributed by atoms with E-state index in [9.17, 15) is 31.9 Å². The van der Waals surface area contributed by atoms with Crippen LogP contribution < -0.4 is 15.4 Å². The Hall–Kier alpha value is -2.67. The molecule has 0 aliphatic heterocycles. The standard InChI is InChI=1S/C25H33ClF5N5O3/c1-5-36-20(18(26)19(35-36)22(37)33-12-24(38)8-6-14(4)7-9-24)15-11-32-17(10-16(15)39-23(27)28)34-21(13(2)3)25(29,30)31/h10-11,13-14,21,23,38H,5-9,12H2,1-4H3,(H,32,34)(H,33,37). The Balaban J connectivity index is 1.93. The number of hydrogen-bond acceptors (Lipinski definition) is 6. The molecule has 1 fully saturated rings. The van der Waals surface area contributed by atoms with Crippen LogP contribution in [0.25, 0.3) is 11.3 Å². The van der Waals surface area contributed by atoms with Crippen molar-refractivity contribution >= 4 is 23.3 Å². The number of nitrogens with zero attached hydrogens (tertiary/aromatic N) is 3. The van der Waals surface area contributed by atoms with E-state index >= 15 is 0 Å². The van der Waals surface area contributed by atoms with Gasteiger partial charge < -0.3 is 20.5 Å². The summed E-state index contributed by atoms with van der Waals surface area (Å²) >= 11 is 6.51. The number of carbonyl (C=O) groups excluding carboxylic acids is 1. The number of anilines is 1. The van der Waals surface area contributed by atoms with Gasteiger partial charge in [0.25, 0.3) is 5.91 Å². The van der Waals surface area contributed by atoms with Crippen LogP contribution in [0.5, 0.6) is 5.75 Å². The van der Waals surface area contributed by atoms with Gasteiger partial charge in [0.1, 0.15) is 17.6 Å². The molecular weight excluding hydrogens is 549 g/mol. The number of pyridine rings is 1. The van der Waals surface area contributed by atoms with Crippen LogP contribution in [0.2, 0.25) is 5.02 Å². The van der Waals surface area contributed by atoms with Gasteiger partial charge in [0, 0.05) is 25.4 Å². The second kappa shape index (κ2) is 12.2. The average molecular weight is 582 g/mol. The van der Waals surface area contributed by atoms with Gasteiger partial charge in [-0.1, -0.05) is 32.4 Å². The number of aromatic nitrogens is 3. The second-order valence-corrected chi connectivity index (χ2v) is 10.6. The van der Waals surface area contributed by atoms with Crippen molar-refractivity contribution in [1.29, 1.82) is 0 Å². The lowest BCUT2D eigenvalue weighted by atomic mass is 9.79. The molecule has 1 aliphatic rings. The van der Waals surface area contributed by atoms with Crippen molar-refractivity contribution in [2.24, 2.45) is 11.8 Å². The minimum Gasteiger partial charge on any atom is -0.434 e. The molecule has 218 valence electrons. The van der Waals surface area contributed by atoms with E-state index < -0.39 is 42.0 Å². The number of amides is 1. The Morgan fingerprint density at radius 3 is 2.49 bits per heavy atom. The predicted molar refractivity (Wildman–Crippen MR) is 136 cm³/mol. The van der Waals surface area contributed by atoms with Gasteiger partial charge in [-0.25, -0.2) is 4.98 Å². The minimum atomic E-state index is -4.62. The molecule has 1 saturated carbocycles. The molecule has 0 radical (unpaired) electrons. The molecule has 0 bridgehead atoms. The number of carbonyl (C=O) groups is 1. The smallest absolute Gasteiger partial charge is 0.408 e. The lowest BCUT2D eigenvalue weighted by molar-refractivity contribution is -0.150. The maximum absolute atomic E-state index is 13.4. The summed E-state index contributed by atoms with van der Waals surface area (Å²) in [4.78, 5) is 16.9. The molecule has 3 rings (SSSR count). The highest BCUT2D eigenvalue weighted by atomic mass is 35.5. The molecule has 2 aromatic heterocycles. The fourth-order valence-electron chi connectivity index (χ4n) is 4.55. The Labute approximate surface area is 228 Å². The summed E-state index contributed by atoms with van der Waals surface area (Å²) in [7, 11) is 0. The molecule has 3 N–H and O–H groups in total. The van der Waals surface area contributed by atoms with Gasteiger partial charge in [-0.05, 0) is 44.4 Å². The average Bonchev–Trinajstić information content (AvgIpc) is 3.18. The third kappa shape index (κ3) is 7.50. The first-order chi connectivity index (χ1) is 18.1. The molecule has 14 heteroatoms. The minimum absolute atomic E-state index is 0.0128. The highest BCUT2D eigenvalue weighted by Crippen LogP contribution is 2.39. The summed E-state index contributed by atoms with van der Waals surface area (Å²) in [5, 5.41) is 19.7. The van der Waals surface area contributed by atoms with Crippen molar-refractivity contribution in [2.75, 3.05) is 11.9 Å². The van der Waals surface area contributed by atoms with Crippen molar-refractivity contribution in [3.63, 3.8) is 0 Å². The van der Waals surface area contributed by atoms with E-state index in [0.717, 1.165) is 25.1 Å². The first-order valence-corrected chi connectivity index (χ1v) is 13.1. The molecule has 1 amide bonds. The fraction of sp³-hybridized carbons (Fsp3) is 0.640. The quantitative estimate of drug-likeness (QED) is 0.303. The molecule has 0 saturated heterocycles. The van der Waals surface area contributed by atoms with Crippen molar-refractivity contribution in [2.45, 2.75) is 84.4 Å². The Kier molecular flexibility index (Phi) is 9.69. The van der Waals surface area contributed by atoms with Crippen molar-refractivity contribution in [1.82, 2.24) is 20.1 Å². The fourth-order valence-corrected chi connectivity index (χ4v) is 4.87. The van der Waals surface area contributed by atoms with Crippen molar-refractivity contribution < 1.29 is 36.6 Å². The first kappa shape index (κ1) is 30.9. The number of halogens is 6. The summed E-state index contributed by atoms with van der Waals surface area (Å²) < 4.78 is 72.8. The Bertz CT molecular complexity index is 1150. The van der Waals surface area contributed by atoms with Crippen LogP contribution in [0.4, 0.5) is 27.8 Å². The number of ether oxygens (including phenoxy) is 1. The van der Waals surface area contributed by atoms with Crippen LogP contribution in [0.3, 0.4) is 0 Å². The lowest BCUT2D eigenvalue weighted by Crippen LogP contribution is -2.45. The number of aryl methyl sites for hydroxylation is 1. The molecule has 8 nitrogen and oxygen atoms in total. The van der Waals surface area contributed by atoms with Crippen LogP contribution in [0.15, 0.2) is 12.3 Å². The van der Waals surface area contributed by atoms with Crippen LogP contribution in [-0.2, 0) is 6.54 Å². The summed E-state index contributed by atoms with van der Waals surface area (Å²) in [6.45, 7) is 3.34. The van der Waals surface area contributed by atoms with Gasteiger partial charge in [0.15, 0.2) is 5.69 Å². The van der Waals surface area contributed by atoms with E-state index in [4.69, 9.17) is 11.6 Å². The lowest BCUT2D eigenvalue weighted by Gasteiger charge is -2.34. The molecule has 2 heterocycles. The second-order valence-electron chi connectivity index (χ2n) is 10.3. The molecule has 39 heavy (non-hydrogen) atoms. The molecule has 0 spiro atoms. The van der Waals surface area contributed by atoms with E-state index in [0.29, 0.717) is 18.8 Å². The number of nitrogens with one attached hydrogen (secondary N) is 2. The Morgan fingerprint density at radius 2 is 1.95 bits per heavy atom. The van der Waals surface area contributed by atoms with Crippen molar-refractivity contribution in [3.05, 3.63) is 23.0 Å². The van der Waals surface area contributed by atoms with Crippen molar-refractivity contribution in [3.8, 4) is 17.0 Å². The topological polar surface area (TPSA) is 101 Å². The van der Waals surface area contributed by atoms with Crippen LogP contribution in [0.1, 0.15) is 63.9 Å². The number of alkyl halides is 5. The molecule has 1 aliphatic carbocycles. The van der Waals surface area contributed by atoms with Gasteiger partial charge in [-0.2, -0.15) is 27.1 Å². The van der Waals surface area contributed by atoms with Crippen LogP contribution in [0, 0.1) is 11.8 Å². The monoisotopic (exact) mass is 581 g/mol. The highest BCUT2D eigenvalue weighted by molar-refractivity contribution is 6.36. The van der Waals surface area contributed by atoms with Gasteiger partial charge in [0.2, 0.25) is 0 Å². The maximum Gasteiger partial charge on any atom is 0.408 e. The van der Waals surface area contributed by atoms with E-state index in [1.54, 1.807) is 6.92 Å². The summed E-state index contributed by atoms with van der Waals surface area (Å²) in [6.07, 6.45) is -0.864. The summed E-state index contributed by atoms with van der Waals surface area (Å²) in [5.74, 6) is -1.90. The van der Waals surface area contributed by atoms with Crippen LogP contribution >= 0.6 is 11.6 Å². The third-order valence-corrected chi connectivity index (χ3v) is 7.21. The van der Waals surface area contributed by atoms with E-state index in [1.165, 1.54) is 18.5 Å². The van der Waals surface area contributed by atoms with Gasteiger partial charge in [-0.3, -0.25) is 9.48 Å². The summed E-state index contributed by atoms with van der Waals surface area (Å²) in [6, 6.07) is -1.07. The number of hydrogen-bond donors (Lipinski definition) is 3. The first-order valence-electron chi connectivity index (χ1n) is 12.7. The Morgan fingerprint density at radius 1 is 1.31 bits per heavy atom. The molecule has 1 unspecified atom stereocenters. The summed E-state index contributed by atoms with van der Waals surface area (Å²) in [5.41, 5.74) is -1.32. The normalized spacial score (nSPS) is 20.8. The van der Waals surface area contributed by atoms with Gasteiger partial charge in [0.05, 0.1) is 21.9 Å². The number of rotatable bonds is 10. The van der Waals surface area contributed by atoms with Crippen LogP contribution in [-0.4, -0.2) is 56.8 Å². The van der Waals surface area contributed by atoms with Gasteiger partial charge in [-0.15, -0.1) is 0 Å². The third-order valence-electron chi connectivity index (χ3n) is 6.85. The van der Waals surface area contributed by atoms with Gasteiger partial charge >= 0.3 is 12.8 Å². The maximum atomic E-state index is 13.4. The molecule has 2 aromatic rings. The molecule has 1 atom stereocenters. The highest BCUT2D eigenvalue weighted by Gasteiger charge is 2.42.